The van der Waals surface area contributed by atoms with Crippen molar-refractivity contribution in [3.05, 3.63) is 80.9 Å². The highest BCUT2D eigenvalue weighted by Gasteiger charge is 2.23. The van der Waals surface area contributed by atoms with Crippen LogP contribution in [0, 0.1) is 17.0 Å². The van der Waals surface area contributed by atoms with Crippen LogP contribution in [-0.2, 0) is 4.74 Å². The maximum Gasteiger partial charge on any atom is 0.270 e. The Kier molecular flexibility index (Phi) is 6.10. The number of nitrogens with one attached hydrogen (secondary N) is 1. The number of oxazole rings is 1. The van der Waals surface area contributed by atoms with Gasteiger partial charge in [-0.1, -0.05) is 17.7 Å². The highest BCUT2D eigenvalue weighted by molar-refractivity contribution is 6.33. The van der Waals surface area contributed by atoms with Gasteiger partial charge in [0.15, 0.2) is 5.58 Å². The van der Waals surface area contributed by atoms with Crippen molar-refractivity contribution in [3.8, 4) is 11.5 Å². The number of ether oxygens (including phenoxy) is 1. The minimum atomic E-state index is -0.519. The Morgan fingerprint density at radius 3 is 2.69 bits per heavy atom. The fraction of sp³-hybridized carbons (Fsp3) is 0.200. The van der Waals surface area contributed by atoms with Crippen LogP contribution < -0.4 is 10.2 Å². The first kappa shape index (κ1) is 22.8. The number of halogens is 1. The van der Waals surface area contributed by atoms with E-state index >= 15 is 0 Å². The molecule has 4 aromatic rings. The highest BCUT2D eigenvalue weighted by atomic mass is 35.5. The quantitative estimate of drug-likeness (QED) is 0.291. The Morgan fingerprint density at radius 2 is 1.91 bits per heavy atom. The van der Waals surface area contributed by atoms with Crippen molar-refractivity contribution < 1.29 is 18.9 Å². The number of non-ortho nitro benzene ring substituents is 1. The molecule has 0 bridgehead atoms. The van der Waals surface area contributed by atoms with Crippen molar-refractivity contribution >= 4 is 45.7 Å². The lowest BCUT2D eigenvalue weighted by molar-refractivity contribution is -0.384. The Hall–Kier alpha value is -3.95. The zero-order chi connectivity index (χ0) is 24.5. The molecule has 0 radical (unpaired) electrons. The molecule has 35 heavy (non-hydrogen) atoms. The number of fused-ring (bicyclic) bond motifs is 1. The third kappa shape index (κ3) is 4.68. The molecule has 1 aliphatic rings. The van der Waals surface area contributed by atoms with Gasteiger partial charge in [0.2, 0.25) is 5.89 Å². The molecule has 0 saturated carbocycles. The number of rotatable bonds is 5. The minimum absolute atomic E-state index is 0.161. The second-order valence-electron chi connectivity index (χ2n) is 8.20. The van der Waals surface area contributed by atoms with E-state index in [-0.39, 0.29) is 11.3 Å². The summed E-state index contributed by atoms with van der Waals surface area (Å²) in [7, 11) is 0. The Bertz CT molecular complexity index is 1450. The molecular formula is C25H21ClN4O5. The predicted octanol–water partition coefficient (Wildman–Crippen LogP) is 5.45. The largest absolute Gasteiger partial charge is 0.436 e. The van der Waals surface area contributed by atoms with E-state index in [2.05, 4.69) is 10.3 Å². The zero-order valence-corrected chi connectivity index (χ0v) is 19.5. The van der Waals surface area contributed by atoms with Crippen LogP contribution in [0.4, 0.5) is 17.1 Å². The average molecular weight is 493 g/mol. The first-order valence-corrected chi connectivity index (χ1v) is 11.4. The number of morpholine rings is 1. The number of aryl methyl sites for hydroxylation is 1. The van der Waals surface area contributed by atoms with E-state index in [1.165, 1.54) is 12.1 Å². The van der Waals surface area contributed by atoms with Crippen LogP contribution in [0.2, 0.25) is 5.02 Å². The Balaban J connectivity index is 1.48. The summed E-state index contributed by atoms with van der Waals surface area (Å²) in [4.78, 5) is 30.7. The van der Waals surface area contributed by atoms with Crippen molar-refractivity contribution in [1.82, 2.24) is 4.98 Å². The van der Waals surface area contributed by atoms with E-state index in [9.17, 15) is 14.9 Å². The third-order valence-corrected chi connectivity index (χ3v) is 6.11. The van der Waals surface area contributed by atoms with Crippen molar-refractivity contribution in [2.75, 3.05) is 36.5 Å². The number of benzene rings is 3. The number of nitro groups is 1. The molecule has 1 fully saturated rings. The molecule has 10 heteroatoms. The molecule has 0 aliphatic carbocycles. The molecule has 1 saturated heterocycles. The summed E-state index contributed by atoms with van der Waals surface area (Å²) in [5, 5.41) is 14.6. The number of hydrogen-bond acceptors (Lipinski definition) is 7. The predicted molar refractivity (Wildman–Crippen MR) is 133 cm³/mol. The molecule has 1 amide bonds. The Morgan fingerprint density at radius 1 is 1.11 bits per heavy atom. The molecule has 3 aromatic carbocycles. The SMILES string of the molecule is Cc1ccc2oc(-c3cc(NC(=O)c4cc([N+](=O)[O-])ccc4N4CCOCC4)ccc3Cl)nc2c1. The molecule has 1 aliphatic heterocycles. The van der Waals surface area contributed by atoms with E-state index < -0.39 is 10.8 Å². The molecule has 0 unspecified atom stereocenters. The van der Waals surface area contributed by atoms with Crippen LogP contribution in [0.5, 0.6) is 0 Å². The first-order chi connectivity index (χ1) is 16.9. The van der Waals surface area contributed by atoms with Crippen LogP contribution >= 0.6 is 11.6 Å². The lowest BCUT2D eigenvalue weighted by atomic mass is 10.1. The monoisotopic (exact) mass is 492 g/mol. The maximum atomic E-state index is 13.3. The maximum absolute atomic E-state index is 13.3. The van der Waals surface area contributed by atoms with Crippen molar-refractivity contribution in [3.63, 3.8) is 0 Å². The number of aromatic nitrogens is 1. The van der Waals surface area contributed by atoms with Gasteiger partial charge in [-0.15, -0.1) is 0 Å². The molecule has 1 aromatic heterocycles. The van der Waals surface area contributed by atoms with Gasteiger partial charge >= 0.3 is 0 Å². The zero-order valence-electron chi connectivity index (χ0n) is 18.8. The molecule has 1 N–H and O–H groups in total. The molecule has 178 valence electrons. The van der Waals surface area contributed by atoms with Crippen LogP contribution in [0.15, 0.2) is 59.0 Å². The average Bonchev–Trinajstić information content (AvgIpc) is 3.28. The van der Waals surface area contributed by atoms with Crippen molar-refractivity contribution in [2.45, 2.75) is 6.92 Å². The number of anilines is 2. The summed E-state index contributed by atoms with van der Waals surface area (Å²) in [5.74, 6) is -0.146. The highest BCUT2D eigenvalue weighted by Crippen LogP contribution is 2.33. The minimum Gasteiger partial charge on any atom is -0.436 e. The van der Waals surface area contributed by atoms with Crippen molar-refractivity contribution in [1.29, 1.82) is 0 Å². The van der Waals surface area contributed by atoms with Gasteiger partial charge in [-0.2, -0.15) is 0 Å². The summed E-state index contributed by atoms with van der Waals surface area (Å²) in [6.07, 6.45) is 0. The number of nitrogens with zero attached hydrogens (tertiary/aromatic N) is 3. The smallest absolute Gasteiger partial charge is 0.270 e. The first-order valence-electron chi connectivity index (χ1n) is 11.0. The van der Waals surface area contributed by atoms with Gasteiger partial charge in [0, 0.05) is 30.9 Å². The van der Waals surface area contributed by atoms with E-state index in [0.717, 1.165) is 5.56 Å². The topological polar surface area (TPSA) is 111 Å². The molecule has 0 spiro atoms. The second kappa shape index (κ2) is 9.36. The summed E-state index contributed by atoms with van der Waals surface area (Å²) < 4.78 is 11.3. The van der Waals surface area contributed by atoms with Gasteiger partial charge < -0.3 is 19.4 Å². The normalized spacial score (nSPS) is 13.7. The van der Waals surface area contributed by atoms with Gasteiger partial charge in [0.1, 0.15) is 5.52 Å². The van der Waals surface area contributed by atoms with Crippen LogP contribution in [-0.4, -0.2) is 42.1 Å². The Labute approximate surface area is 205 Å². The standard InChI is InChI=1S/C25H21ClN4O5/c1-15-2-7-23-21(12-15)28-25(35-23)18-13-16(3-5-20(18)26)27-24(31)19-14-17(30(32)33)4-6-22(19)29-8-10-34-11-9-29/h2-7,12-14H,8-11H2,1H3,(H,27,31). The van der Waals surface area contributed by atoms with E-state index in [4.69, 9.17) is 20.8 Å². The fourth-order valence-corrected chi connectivity index (χ4v) is 4.22. The fourth-order valence-electron chi connectivity index (χ4n) is 4.02. The van der Waals surface area contributed by atoms with E-state index in [0.29, 0.717) is 65.3 Å². The van der Waals surface area contributed by atoms with Gasteiger partial charge in [0.05, 0.1) is 40.0 Å². The number of nitro benzene ring substituents is 1. The molecule has 2 heterocycles. The molecule has 0 atom stereocenters. The van der Waals surface area contributed by atoms with Gasteiger partial charge in [-0.3, -0.25) is 14.9 Å². The lowest BCUT2D eigenvalue weighted by Crippen LogP contribution is -2.37. The molecule has 9 nitrogen and oxygen atoms in total. The molecule has 5 rings (SSSR count). The van der Waals surface area contributed by atoms with Crippen molar-refractivity contribution in [2.24, 2.45) is 0 Å². The van der Waals surface area contributed by atoms with Gasteiger partial charge in [-0.25, -0.2) is 4.98 Å². The van der Waals surface area contributed by atoms with Crippen LogP contribution in [0.1, 0.15) is 15.9 Å². The second-order valence-corrected chi connectivity index (χ2v) is 8.60. The summed E-state index contributed by atoms with van der Waals surface area (Å²) in [5.41, 5.74) is 4.01. The van der Waals surface area contributed by atoms with Crippen LogP contribution in [0.25, 0.3) is 22.6 Å². The lowest BCUT2D eigenvalue weighted by Gasteiger charge is -2.30. The summed E-state index contributed by atoms with van der Waals surface area (Å²) >= 11 is 6.42. The van der Waals surface area contributed by atoms with Gasteiger partial charge in [-0.05, 0) is 48.9 Å². The number of carbonyl (C=O) groups is 1. The number of hydrogen-bond donors (Lipinski definition) is 1. The summed E-state index contributed by atoms with van der Waals surface area (Å²) in [6, 6.07) is 15.0. The number of amides is 1. The van der Waals surface area contributed by atoms with E-state index in [1.54, 1.807) is 24.3 Å². The van der Waals surface area contributed by atoms with Gasteiger partial charge in [0.25, 0.3) is 11.6 Å². The number of carbonyl (C=O) groups excluding carboxylic acids is 1. The van der Waals surface area contributed by atoms with Crippen LogP contribution in [0.3, 0.4) is 0 Å². The van der Waals surface area contributed by atoms with E-state index in [1.807, 2.05) is 30.0 Å². The molecular weight excluding hydrogens is 472 g/mol. The summed E-state index contributed by atoms with van der Waals surface area (Å²) in [6.45, 7) is 4.17. The third-order valence-electron chi connectivity index (χ3n) is 5.79.